The van der Waals surface area contributed by atoms with E-state index in [0.29, 0.717) is 18.9 Å². The number of carbonyl (C=O) groups is 2. The second kappa shape index (κ2) is 11.4. The van der Waals surface area contributed by atoms with Gasteiger partial charge in [0.1, 0.15) is 17.2 Å². The third-order valence-electron chi connectivity index (χ3n) is 9.52. The van der Waals surface area contributed by atoms with Crippen molar-refractivity contribution in [3.63, 3.8) is 0 Å². The van der Waals surface area contributed by atoms with E-state index in [1.165, 1.54) is 4.90 Å². The molecule has 4 heterocycles. The number of fused-ring (bicyclic) bond motifs is 3. The fourth-order valence-corrected chi connectivity index (χ4v) is 7.20. The Bertz CT molecular complexity index is 2210. The van der Waals surface area contributed by atoms with E-state index < -0.39 is 11.7 Å². The van der Waals surface area contributed by atoms with Gasteiger partial charge in [0.05, 0.1) is 34.2 Å². The Morgan fingerprint density at radius 2 is 1.17 bits per heavy atom. The van der Waals surface area contributed by atoms with Gasteiger partial charge in [0.15, 0.2) is 0 Å². The Morgan fingerprint density at radius 1 is 0.708 bits per heavy atom. The molecule has 0 unspecified atom stereocenters. The first-order chi connectivity index (χ1) is 23.1. The van der Waals surface area contributed by atoms with Crippen molar-refractivity contribution in [3.05, 3.63) is 84.4 Å². The number of amides is 2. The van der Waals surface area contributed by atoms with Crippen LogP contribution in [0.15, 0.2) is 72.8 Å². The molecule has 2 aromatic heterocycles. The Morgan fingerprint density at radius 3 is 1.67 bits per heavy atom. The van der Waals surface area contributed by atoms with Crippen molar-refractivity contribution in [2.45, 2.75) is 64.1 Å². The third-order valence-corrected chi connectivity index (χ3v) is 9.52. The number of imidazole rings is 2. The fourth-order valence-electron chi connectivity index (χ4n) is 7.20. The van der Waals surface area contributed by atoms with Gasteiger partial charge in [-0.1, -0.05) is 36.4 Å². The van der Waals surface area contributed by atoms with Crippen LogP contribution < -0.4 is 0 Å². The number of likely N-dealkylation sites (tertiary alicyclic amines) is 2. The number of hydrogen-bond acceptors (Lipinski definition) is 5. The molecule has 2 aliphatic rings. The highest BCUT2D eigenvalue weighted by Gasteiger charge is 2.35. The number of rotatable bonds is 4. The van der Waals surface area contributed by atoms with E-state index >= 15 is 0 Å². The van der Waals surface area contributed by atoms with Crippen LogP contribution in [0.2, 0.25) is 0 Å². The molecule has 6 aromatic rings. The lowest BCUT2D eigenvalue weighted by Crippen LogP contribution is -2.36. The SMILES string of the molecule is CC(C)(C)OC(=O)N1CCC[C@H]1c1nc2cc(-c3ccc4cc(-c5ccc6[nH]c([C@@H]7CCCN7C(=O)O)nc6c5)ccc4c3)ccc2[nH]1. The average molecular weight is 643 g/mol. The van der Waals surface area contributed by atoms with Crippen LogP contribution in [0.3, 0.4) is 0 Å². The maximum atomic E-state index is 12.9. The number of benzene rings is 4. The number of nitrogens with zero attached hydrogens (tertiary/aromatic N) is 4. The molecule has 244 valence electrons. The normalized spacial score (nSPS) is 18.4. The summed E-state index contributed by atoms with van der Waals surface area (Å²) in [4.78, 5) is 44.3. The van der Waals surface area contributed by atoms with Gasteiger partial charge in [-0.25, -0.2) is 19.6 Å². The first-order valence-electron chi connectivity index (χ1n) is 16.6. The van der Waals surface area contributed by atoms with E-state index in [9.17, 15) is 14.7 Å². The molecule has 10 nitrogen and oxygen atoms in total. The number of hydrogen-bond donors (Lipinski definition) is 3. The van der Waals surface area contributed by atoms with Crippen molar-refractivity contribution in [3.8, 4) is 22.3 Å². The third kappa shape index (κ3) is 5.51. The lowest BCUT2D eigenvalue weighted by Gasteiger charge is -2.27. The standard InChI is InChI=1S/C38H38N6O4/c1-38(2,3)48-37(47)44-17-5-7-33(44)35-40-29-15-13-27(21-31(29)42-35)25-11-9-22-18-24(10-8-23(22)19-25)26-12-14-28-30(20-26)41-34(39-28)32-6-4-16-43(32)36(45)46/h8-15,18-21,32-33H,4-7,16-17H2,1-3H3,(H,39,41)(H,40,42)(H,45,46)/t32-,33-/m0/s1. The second-order valence-electron chi connectivity index (χ2n) is 14.0. The molecule has 2 amide bonds. The first kappa shape index (κ1) is 30.0. The molecular weight excluding hydrogens is 604 g/mol. The van der Waals surface area contributed by atoms with Crippen LogP contribution in [0.1, 0.15) is 70.2 Å². The predicted octanol–water partition coefficient (Wildman–Crippen LogP) is 8.81. The minimum Gasteiger partial charge on any atom is -0.465 e. The summed E-state index contributed by atoms with van der Waals surface area (Å²) in [5.74, 6) is 1.50. The van der Waals surface area contributed by atoms with Crippen molar-refractivity contribution >= 4 is 45.0 Å². The summed E-state index contributed by atoms with van der Waals surface area (Å²) in [5, 5.41) is 11.8. The fraction of sp³-hybridized carbons (Fsp3) is 0.316. The van der Waals surface area contributed by atoms with E-state index in [2.05, 4.69) is 76.7 Å². The smallest absolute Gasteiger partial charge is 0.410 e. The van der Waals surface area contributed by atoms with E-state index in [-0.39, 0.29) is 18.2 Å². The van der Waals surface area contributed by atoms with Crippen LogP contribution >= 0.6 is 0 Å². The minimum absolute atomic E-state index is 0.129. The minimum atomic E-state index is -0.902. The molecule has 0 saturated carbocycles. The monoisotopic (exact) mass is 642 g/mol. The number of aromatic amines is 2. The zero-order chi connectivity index (χ0) is 33.2. The van der Waals surface area contributed by atoms with Crippen LogP contribution in [0.25, 0.3) is 55.1 Å². The van der Waals surface area contributed by atoms with Crippen LogP contribution in [-0.2, 0) is 4.74 Å². The molecule has 2 fully saturated rings. The molecule has 2 aliphatic heterocycles. The zero-order valence-electron chi connectivity index (χ0n) is 27.3. The van der Waals surface area contributed by atoms with Gasteiger partial charge in [-0.05, 0) is 116 Å². The van der Waals surface area contributed by atoms with Gasteiger partial charge in [0.2, 0.25) is 0 Å². The van der Waals surface area contributed by atoms with Gasteiger partial charge in [0, 0.05) is 13.1 Å². The maximum absolute atomic E-state index is 12.9. The van der Waals surface area contributed by atoms with Crippen molar-refractivity contribution in [2.24, 2.45) is 0 Å². The van der Waals surface area contributed by atoms with Gasteiger partial charge in [-0.3, -0.25) is 9.80 Å². The number of H-pyrrole nitrogens is 2. The Hall–Kier alpha value is -5.38. The summed E-state index contributed by atoms with van der Waals surface area (Å²) >= 11 is 0. The summed E-state index contributed by atoms with van der Waals surface area (Å²) in [6.45, 7) is 6.86. The Balaban J connectivity index is 1.04. The first-order valence-corrected chi connectivity index (χ1v) is 16.6. The molecule has 2 atom stereocenters. The molecule has 3 N–H and O–H groups in total. The van der Waals surface area contributed by atoms with E-state index in [1.54, 1.807) is 4.90 Å². The summed E-state index contributed by atoms with van der Waals surface area (Å²) < 4.78 is 5.66. The van der Waals surface area contributed by atoms with Gasteiger partial charge in [-0.2, -0.15) is 0 Å². The number of carbonyl (C=O) groups excluding carboxylic acids is 1. The largest absolute Gasteiger partial charge is 0.465 e. The van der Waals surface area contributed by atoms with Crippen LogP contribution in [-0.4, -0.2) is 65.7 Å². The molecule has 0 aliphatic carbocycles. The number of ether oxygens (including phenoxy) is 1. The molecule has 8 rings (SSSR count). The average Bonchev–Trinajstić information content (AvgIpc) is 3.87. The highest BCUT2D eigenvalue weighted by Crippen LogP contribution is 2.36. The molecule has 48 heavy (non-hydrogen) atoms. The Kier molecular flexibility index (Phi) is 7.12. The van der Waals surface area contributed by atoms with Crippen molar-refractivity contribution < 1.29 is 19.4 Å². The topological polar surface area (TPSA) is 127 Å². The lowest BCUT2D eigenvalue weighted by atomic mass is 9.97. The van der Waals surface area contributed by atoms with Crippen molar-refractivity contribution in [2.75, 3.05) is 13.1 Å². The quantitative estimate of drug-likeness (QED) is 0.176. The number of aromatic nitrogens is 4. The van der Waals surface area contributed by atoms with Crippen LogP contribution in [0, 0.1) is 0 Å². The molecular formula is C38H38N6O4. The van der Waals surface area contributed by atoms with Crippen molar-refractivity contribution in [1.29, 1.82) is 0 Å². The van der Waals surface area contributed by atoms with Gasteiger partial charge < -0.3 is 19.8 Å². The zero-order valence-corrected chi connectivity index (χ0v) is 27.3. The molecule has 0 spiro atoms. The highest BCUT2D eigenvalue weighted by molar-refractivity contribution is 5.93. The van der Waals surface area contributed by atoms with E-state index in [0.717, 1.165) is 86.6 Å². The van der Waals surface area contributed by atoms with E-state index in [4.69, 9.17) is 14.7 Å². The highest BCUT2D eigenvalue weighted by atomic mass is 16.6. The van der Waals surface area contributed by atoms with Crippen LogP contribution in [0.4, 0.5) is 9.59 Å². The van der Waals surface area contributed by atoms with Gasteiger partial charge in [-0.15, -0.1) is 0 Å². The van der Waals surface area contributed by atoms with Gasteiger partial charge in [0.25, 0.3) is 0 Å². The predicted molar refractivity (Wildman–Crippen MR) is 186 cm³/mol. The van der Waals surface area contributed by atoms with Crippen molar-refractivity contribution in [1.82, 2.24) is 29.7 Å². The molecule has 10 heteroatoms. The van der Waals surface area contributed by atoms with E-state index in [1.807, 2.05) is 26.8 Å². The molecule has 0 bridgehead atoms. The van der Waals surface area contributed by atoms with Gasteiger partial charge >= 0.3 is 12.2 Å². The summed E-state index contributed by atoms with van der Waals surface area (Å²) in [6.07, 6.45) is 2.18. The van der Waals surface area contributed by atoms with Crippen LogP contribution in [0.5, 0.6) is 0 Å². The molecule has 2 saturated heterocycles. The summed E-state index contributed by atoms with van der Waals surface area (Å²) in [7, 11) is 0. The summed E-state index contributed by atoms with van der Waals surface area (Å²) in [5.41, 5.74) is 7.33. The molecule has 4 aromatic carbocycles. The number of nitrogens with one attached hydrogen (secondary N) is 2. The maximum Gasteiger partial charge on any atom is 0.410 e. The Labute approximate surface area is 277 Å². The second-order valence-corrected chi connectivity index (χ2v) is 14.0. The molecule has 0 radical (unpaired) electrons. The number of carboxylic acid groups (broad SMARTS) is 1. The summed E-state index contributed by atoms with van der Waals surface area (Å²) in [6, 6.07) is 25.0. The lowest BCUT2D eigenvalue weighted by molar-refractivity contribution is 0.0219.